The van der Waals surface area contributed by atoms with E-state index in [1.54, 1.807) is 6.07 Å². The summed E-state index contributed by atoms with van der Waals surface area (Å²) in [6, 6.07) is 7.81. The van der Waals surface area contributed by atoms with Gasteiger partial charge in [-0.25, -0.2) is 0 Å². The summed E-state index contributed by atoms with van der Waals surface area (Å²) in [6.07, 6.45) is 5.81. The van der Waals surface area contributed by atoms with Crippen molar-refractivity contribution in [2.45, 2.75) is 32.6 Å². The second-order valence-electron chi connectivity index (χ2n) is 5.05. The van der Waals surface area contributed by atoms with Gasteiger partial charge in [-0.3, -0.25) is 4.79 Å². The molecule has 1 fully saturated rings. The van der Waals surface area contributed by atoms with Crippen LogP contribution in [0.2, 0.25) is 0 Å². The van der Waals surface area contributed by atoms with Crippen molar-refractivity contribution < 1.29 is 4.79 Å². The van der Waals surface area contributed by atoms with E-state index in [4.69, 9.17) is 0 Å². The number of nitriles is 1. The van der Waals surface area contributed by atoms with Gasteiger partial charge >= 0.3 is 0 Å². The summed E-state index contributed by atoms with van der Waals surface area (Å²) in [4.78, 5) is 13.8. The SMILES string of the molecule is C[CH]CC(=O)Nc1ccc(N2CCCCC2)c(C#N)c1. The van der Waals surface area contributed by atoms with Crippen molar-refractivity contribution in [1.29, 1.82) is 5.26 Å². The molecule has 0 atom stereocenters. The third-order valence-electron chi connectivity index (χ3n) is 3.49. The molecule has 0 bridgehead atoms. The summed E-state index contributed by atoms with van der Waals surface area (Å²) in [7, 11) is 0. The first-order chi connectivity index (χ1) is 9.74. The van der Waals surface area contributed by atoms with Crippen LogP contribution in [0.1, 0.15) is 38.2 Å². The summed E-state index contributed by atoms with van der Waals surface area (Å²) < 4.78 is 0. The minimum absolute atomic E-state index is 0.0536. The van der Waals surface area contributed by atoms with Crippen LogP contribution in [0.15, 0.2) is 18.2 Å². The highest BCUT2D eigenvalue weighted by molar-refractivity contribution is 5.92. The van der Waals surface area contributed by atoms with Crippen molar-refractivity contribution in [3.05, 3.63) is 30.2 Å². The third kappa shape index (κ3) is 3.51. The molecule has 105 valence electrons. The van der Waals surface area contributed by atoms with E-state index in [0.29, 0.717) is 17.7 Å². The fraction of sp³-hybridized carbons (Fsp3) is 0.438. The van der Waals surface area contributed by atoms with E-state index in [1.165, 1.54) is 19.3 Å². The lowest BCUT2D eigenvalue weighted by molar-refractivity contribution is -0.115. The number of hydrogen-bond donors (Lipinski definition) is 1. The monoisotopic (exact) mass is 270 g/mol. The van der Waals surface area contributed by atoms with Crippen LogP contribution in [0.25, 0.3) is 0 Å². The van der Waals surface area contributed by atoms with E-state index < -0.39 is 0 Å². The van der Waals surface area contributed by atoms with Gasteiger partial charge in [-0.2, -0.15) is 5.26 Å². The predicted molar refractivity (Wildman–Crippen MR) is 80.4 cm³/mol. The smallest absolute Gasteiger partial charge is 0.224 e. The number of rotatable bonds is 4. The van der Waals surface area contributed by atoms with Crippen LogP contribution in [0, 0.1) is 17.8 Å². The lowest BCUT2D eigenvalue weighted by atomic mass is 10.1. The summed E-state index contributed by atoms with van der Waals surface area (Å²) in [6.45, 7) is 3.86. The number of benzene rings is 1. The van der Waals surface area contributed by atoms with Gasteiger partial charge in [0.05, 0.1) is 11.3 Å². The first-order valence-electron chi connectivity index (χ1n) is 7.11. The molecule has 1 saturated heterocycles. The van der Waals surface area contributed by atoms with Gasteiger partial charge in [0.15, 0.2) is 0 Å². The zero-order valence-electron chi connectivity index (χ0n) is 11.9. The van der Waals surface area contributed by atoms with E-state index in [9.17, 15) is 10.1 Å². The minimum Gasteiger partial charge on any atom is -0.370 e. The van der Waals surface area contributed by atoms with Gasteiger partial charge in [0, 0.05) is 25.2 Å². The van der Waals surface area contributed by atoms with Crippen LogP contribution in [0.3, 0.4) is 0 Å². The molecule has 0 unspecified atom stereocenters. The molecule has 1 aliphatic rings. The predicted octanol–water partition coefficient (Wildman–Crippen LogP) is 3.10. The topological polar surface area (TPSA) is 56.1 Å². The largest absolute Gasteiger partial charge is 0.370 e. The minimum atomic E-state index is -0.0536. The quantitative estimate of drug-likeness (QED) is 0.914. The Bertz CT molecular complexity index is 513. The maximum absolute atomic E-state index is 11.6. The number of carbonyl (C=O) groups is 1. The van der Waals surface area contributed by atoms with Crippen molar-refractivity contribution >= 4 is 17.3 Å². The van der Waals surface area contributed by atoms with Crippen LogP contribution in [-0.4, -0.2) is 19.0 Å². The van der Waals surface area contributed by atoms with Gasteiger partial charge in [-0.15, -0.1) is 0 Å². The van der Waals surface area contributed by atoms with E-state index in [-0.39, 0.29) is 5.91 Å². The number of piperidine rings is 1. The Morgan fingerprint density at radius 2 is 2.15 bits per heavy atom. The summed E-state index contributed by atoms with van der Waals surface area (Å²) in [5.41, 5.74) is 2.30. The van der Waals surface area contributed by atoms with Crippen LogP contribution >= 0.6 is 0 Å². The Kier molecular flexibility index (Phi) is 5.00. The summed E-state index contributed by atoms with van der Waals surface area (Å²) >= 11 is 0. The standard InChI is InChI=1S/C16H20N3O/c1-2-6-16(20)18-14-7-8-15(13(11-14)12-17)19-9-4-3-5-10-19/h2,7-8,11H,3-6,9-10H2,1H3,(H,18,20). The van der Waals surface area contributed by atoms with Crippen LogP contribution in [0.4, 0.5) is 11.4 Å². The Balaban J connectivity index is 2.15. The van der Waals surface area contributed by atoms with Gasteiger partial charge < -0.3 is 10.2 Å². The molecular weight excluding hydrogens is 250 g/mol. The molecule has 1 aromatic carbocycles. The highest BCUT2D eigenvalue weighted by Gasteiger charge is 2.15. The zero-order valence-corrected chi connectivity index (χ0v) is 11.9. The van der Waals surface area contributed by atoms with Crippen molar-refractivity contribution in [3.63, 3.8) is 0 Å². The fourth-order valence-electron chi connectivity index (χ4n) is 2.51. The Labute approximate surface area is 120 Å². The maximum atomic E-state index is 11.6. The summed E-state index contributed by atoms with van der Waals surface area (Å²) in [5.74, 6) is -0.0536. The van der Waals surface area contributed by atoms with Gasteiger partial charge in [-0.05, 0) is 43.9 Å². The Hall–Kier alpha value is -2.02. The Morgan fingerprint density at radius 3 is 2.80 bits per heavy atom. The molecule has 1 radical (unpaired) electrons. The van der Waals surface area contributed by atoms with Crippen molar-refractivity contribution in [2.75, 3.05) is 23.3 Å². The molecule has 4 heteroatoms. The number of hydrogen-bond acceptors (Lipinski definition) is 3. The normalized spacial score (nSPS) is 14.7. The van der Waals surface area contributed by atoms with Gasteiger partial charge in [-0.1, -0.05) is 6.92 Å². The van der Waals surface area contributed by atoms with Gasteiger partial charge in [0.25, 0.3) is 0 Å². The fourth-order valence-corrected chi connectivity index (χ4v) is 2.51. The van der Waals surface area contributed by atoms with Gasteiger partial charge in [0.1, 0.15) is 6.07 Å². The first-order valence-corrected chi connectivity index (χ1v) is 7.11. The second-order valence-corrected chi connectivity index (χ2v) is 5.05. The number of nitrogens with zero attached hydrogens (tertiary/aromatic N) is 2. The molecule has 1 amide bonds. The molecule has 0 spiro atoms. The lowest BCUT2D eigenvalue weighted by Gasteiger charge is -2.29. The Morgan fingerprint density at radius 1 is 1.40 bits per heavy atom. The van der Waals surface area contributed by atoms with E-state index in [1.807, 2.05) is 25.5 Å². The number of nitrogens with one attached hydrogen (secondary N) is 1. The molecule has 0 aliphatic carbocycles. The maximum Gasteiger partial charge on any atom is 0.224 e. The number of carbonyl (C=O) groups excluding carboxylic acids is 1. The third-order valence-corrected chi connectivity index (χ3v) is 3.49. The zero-order chi connectivity index (χ0) is 14.4. The van der Waals surface area contributed by atoms with Crippen LogP contribution < -0.4 is 10.2 Å². The van der Waals surface area contributed by atoms with Crippen LogP contribution in [-0.2, 0) is 4.79 Å². The number of anilines is 2. The molecule has 4 nitrogen and oxygen atoms in total. The lowest BCUT2D eigenvalue weighted by Crippen LogP contribution is -2.30. The molecule has 1 aromatic rings. The van der Waals surface area contributed by atoms with Gasteiger partial charge in [0.2, 0.25) is 5.91 Å². The molecule has 1 aliphatic heterocycles. The second kappa shape index (κ2) is 6.95. The molecule has 2 rings (SSSR count). The highest BCUT2D eigenvalue weighted by atomic mass is 16.1. The van der Waals surface area contributed by atoms with E-state index in [0.717, 1.165) is 18.8 Å². The first kappa shape index (κ1) is 14.4. The average Bonchev–Trinajstić information content (AvgIpc) is 2.48. The molecule has 1 N–H and O–H groups in total. The molecule has 20 heavy (non-hydrogen) atoms. The van der Waals surface area contributed by atoms with E-state index in [2.05, 4.69) is 16.3 Å². The highest BCUT2D eigenvalue weighted by Crippen LogP contribution is 2.26. The molecule has 1 heterocycles. The van der Waals surface area contributed by atoms with Crippen molar-refractivity contribution in [1.82, 2.24) is 0 Å². The van der Waals surface area contributed by atoms with E-state index >= 15 is 0 Å². The average molecular weight is 270 g/mol. The molecule has 0 saturated carbocycles. The van der Waals surface area contributed by atoms with Crippen LogP contribution in [0.5, 0.6) is 0 Å². The summed E-state index contributed by atoms with van der Waals surface area (Å²) in [5, 5.41) is 12.1. The number of amides is 1. The molecule has 0 aromatic heterocycles. The molecular formula is C16H20N3O. The van der Waals surface area contributed by atoms with Crippen molar-refractivity contribution in [2.24, 2.45) is 0 Å². The van der Waals surface area contributed by atoms with Crippen molar-refractivity contribution in [3.8, 4) is 6.07 Å².